The normalized spacial score (nSPS) is 18.8. The average molecular weight is 456 g/mol. The number of amides is 4. The second kappa shape index (κ2) is 12.4. The van der Waals surface area contributed by atoms with Gasteiger partial charge in [-0.3, -0.25) is 19.2 Å². The summed E-state index contributed by atoms with van der Waals surface area (Å²) in [7, 11) is 0. The molecule has 4 unspecified atom stereocenters. The fourth-order valence-electron chi connectivity index (χ4n) is 3.68. The van der Waals surface area contributed by atoms with Crippen molar-refractivity contribution in [3.63, 3.8) is 0 Å². The number of carboxylic acid groups (broad SMARTS) is 1. The second-order valence-corrected chi connectivity index (χ2v) is 9.06. The SMILES string of the molecule is CC(C)CC(N)C(=O)NC(CCC(N)=O)C(=O)NC(C(=O)N1CCCC1C(=O)O)C(C)C. The highest BCUT2D eigenvalue weighted by atomic mass is 16.4. The van der Waals surface area contributed by atoms with E-state index in [1.54, 1.807) is 13.8 Å². The third kappa shape index (κ3) is 8.10. The zero-order chi connectivity index (χ0) is 24.6. The van der Waals surface area contributed by atoms with Crippen LogP contribution in [0.2, 0.25) is 0 Å². The summed E-state index contributed by atoms with van der Waals surface area (Å²) < 4.78 is 0. The molecule has 1 aliphatic heterocycles. The van der Waals surface area contributed by atoms with Crippen LogP contribution in [0, 0.1) is 11.8 Å². The number of hydrogen-bond donors (Lipinski definition) is 5. The molecule has 0 saturated carbocycles. The molecule has 32 heavy (non-hydrogen) atoms. The van der Waals surface area contributed by atoms with Crippen LogP contribution in [0.3, 0.4) is 0 Å². The number of likely N-dealkylation sites (tertiary alicyclic amines) is 1. The van der Waals surface area contributed by atoms with Crippen LogP contribution in [0.5, 0.6) is 0 Å². The van der Waals surface area contributed by atoms with E-state index in [0.717, 1.165) is 0 Å². The first kappa shape index (κ1) is 27.3. The van der Waals surface area contributed by atoms with Crippen molar-refractivity contribution < 1.29 is 29.1 Å². The van der Waals surface area contributed by atoms with Gasteiger partial charge in [0.15, 0.2) is 0 Å². The van der Waals surface area contributed by atoms with Gasteiger partial charge in [0.2, 0.25) is 23.6 Å². The fourth-order valence-corrected chi connectivity index (χ4v) is 3.68. The van der Waals surface area contributed by atoms with Gasteiger partial charge in [-0.15, -0.1) is 0 Å². The predicted octanol–water partition coefficient (Wildman–Crippen LogP) is -0.673. The molecule has 0 aromatic rings. The Bertz CT molecular complexity index is 711. The van der Waals surface area contributed by atoms with Crippen molar-refractivity contribution in [2.45, 2.75) is 84.0 Å². The van der Waals surface area contributed by atoms with E-state index in [9.17, 15) is 29.1 Å². The second-order valence-electron chi connectivity index (χ2n) is 9.06. The molecule has 1 saturated heterocycles. The van der Waals surface area contributed by atoms with Crippen LogP contribution in [0.25, 0.3) is 0 Å². The van der Waals surface area contributed by atoms with Gasteiger partial charge in [-0.05, 0) is 37.5 Å². The maximum Gasteiger partial charge on any atom is 0.326 e. The molecule has 11 heteroatoms. The van der Waals surface area contributed by atoms with Gasteiger partial charge < -0.3 is 32.1 Å². The van der Waals surface area contributed by atoms with Gasteiger partial charge in [-0.1, -0.05) is 27.7 Å². The van der Waals surface area contributed by atoms with Gasteiger partial charge >= 0.3 is 5.97 Å². The minimum Gasteiger partial charge on any atom is -0.480 e. The summed E-state index contributed by atoms with van der Waals surface area (Å²) in [5, 5.41) is 14.6. The predicted molar refractivity (Wildman–Crippen MR) is 117 cm³/mol. The molecule has 11 nitrogen and oxygen atoms in total. The molecule has 7 N–H and O–H groups in total. The number of nitrogens with zero attached hydrogens (tertiary/aromatic N) is 1. The number of carbonyl (C=O) groups is 5. The first-order chi connectivity index (χ1) is 14.8. The quantitative estimate of drug-likeness (QED) is 0.258. The van der Waals surface area contributed by atoms with Gasteiger partial charge in [0.25, 0.3) is 0 Å². The lowest BCUT2D eigenvalue weighted by atomic mass is 10.00. The van der Waals surface area contributed by atoms with Crippen molar-refractivity contribution in [3.05, 3.63) is 0 Å². The van der Waals surface area contributed by atoms with E-state index in [-0.39, 0.29) is 24.7 Å². The standard InChI is InChI=1S/C21H37N5O6/c1-11(2)10-13(22)18(28)24-14(7-8-16(23)27)19(29)25-17(12(3)4)20(30)26-9-5-6-15(26)21(31)32/h11-15,17H,5-10,22H2,1-4H3,(H2,23,27)(H,24,28)(H,25,29)(H,31,32). The van der Waals surface area contributed by atoms with E-state index in [4.69, 9.17) is 11.5 Å². The van der Waals surface area contributed by atoms with E-state index in [2.05, 4.69) is 10.6 Å². The molecular weight excluding hydrogens is 418 g/mol. The third-order valence-corrected chi connectivity index (χ3v) is 5.43. The lowest BCUT2D eigenvalue weighted by Crippen LogP contribution is -2.58. The first-order valence-corrected chi connectivity index (χ1v) is 11.0. The average Bonchev–Trinajstić information content (AvgIpc) is 3.17. The summed E-state index contributed by atoms with van der Waals surface area (Å²) >= 11 is 0. The molecule has 0 bridgehead atoms. The number of carboxylic acids is 1. The molecule has 0 aromatic heterocycles. The Hall–Kier alpha value is -2.69. The van der Waals surface area contributed by atoms with Gasteiger partial charge in [0.1, 0.15) is 18.1 Å². The molecule has 4 atom stereocenters. The van der Waals surface area contributed by atoms with Crippen molar-refractivity contribution in [2.24, 2.45) is 23.3 Å². The number of aliphatic carboxylic acids is 1. The number of nitrogens with one attached hydrogen (secondary N) is 2. The van der Waals surface area contributed by atoms with Crippen LogP contribution < -0.4 is 22.1 Å². The van der Waals surface area contributed by atoms with Crippen molar-refractivity contribution in [1.82, 2.24) is 15.5 Å². The molecular formula is C21H37N5O6. The molecule has 4 amide bonds. The van der Waals surface area contributed by atoms with Crippen LogP contribution in [-0.2, 0) is 24.0 Å². The number of nitrogens with two attached hydrogens (primary N) is 2. The summed E-state index contributed by atoms with van der Waals surface area (Å²) in [5.74, 6) is -3.58. The van der Waals surface area contributed by atoms with E-state index >= 15 is 0 Å². The Labute approximate surface area is 188 Å². The minimum absolute atomic E-state index is 0.0538. The molecule has 0 aromatic carbocycles. The number of hydrogen-bond acceptors (Lipinski definition) is 6. The van der Waals surface area contributed by atoms with E-state index in [1.165, 1.54) is 4.90 Å². The van der Waals surface area contributed by atoms with Gasteiger partial charge in [-0.2, -0.15) is 0 Å². The Morgan fingerprint density at radius 3 is 2.19 bits per heavy atom. The molecule has 1 aliphatic rings. The molecule has 0 radical (unpaired) electrons. The Kier molecular flexibility index (Phi) is 10.6. The lowest BCUT2D eigenvalue weighted by molar-refractivity contribution is -0.150. The van der Waals surface area contributed by atoms with Gasteiger partial charge in [0.05, 0.1) is 6.04 Å². The van der Waals surface area contributed by atoms with E-state index in [1.807, 2.05) is 13.8 Å². The van der Waals surface area contributed by atoms with Gasteiger partial charge in [0, 0.05) is 13.0 Å². The van der Waals surface area contributed by atoms with E-state index in [0.29, 0.717) is 25.8 Å². The molecule has 1 fully saturated rings. The lowest BCUT2D eigenvalue weighted by Gasteiger charge is -2.30. The largest absolute Gasteiger partial charge is 0.480 e. The van der Waals surface area contributed by atoms with Crippen LogP contribution in [0.4, 0.5) is 0 Å². The minimum atomic E-state index is -1.11. The summed E-state index contributed by atoms with van der Waals surface area (Å²) in [6.07, 6.45) is 1.12. The summed E-state index contributed by atoms with van der Waals surface area (Å²) in [6.45, 7) is 7.56. The summed E-state index contributed by atoms with van der Waals surface area (Å²) in [5.41, 5.74) is 11.1. The van der Waals surface area contributed by atoms with Crippen molar-refractivity contribution >= 4 is 29.6 Å². The Morgan fingerprint density at radius 1 is 1.06 bits per heavy atom. The topological polar surface area (TPSA) is 185 Å². The Morgan fingerprint density at radius 2 is 1.69 bits per heavy atom. The first-order valence-electron chi connectivity index (χ1n) is 11.0. The summed E-state index contributed by atoms with van der Waals surface area (Å²) in [4.78, 5) is 62.4. The van der Waals surface area contributed by atoms with Crippen LogP contribution in [-0.4, -0.2) is 70.3 Å². The Balaban J connectivity index is 2.97. The maximum absolute atomic E-state index is 13.0. The monoisotopic (exact) mass is 455 g/mol. The van der Waals surface area contributed by atoms with Crippen molar-refractivity contribution in [3.8, 4) is 0 Å². The number of carbonyl (C=O) groups excluding carboxylic acids is 4. The zero-order valence-corrected chi connectivity index (χ0v) is 19.3. The van der Waals surface area contributed by atoms with Crippen LogP contribution in [0.1, 0.15) is 59.8 Å². The van der Waals surface area contributed by atoms with Crippen LogP contribution in [0.15, 0.2) is 0 Å². The third-order valence-electron chi connectivity index (χ3n) is 5.43. The fraction of sp³-hybridized carbons (Fsp3) is 0.762. The molecule has 1 rings (SSSR count). The summed E-state index contributed by atoms with van der Waals surface area (Å²) in [6, 6.07) is -3.86. The molecule has 0 spiro atoms. The van der Waals surface area contributed by atoms with Crippen molar-refractivity contribution in [1.29, 1.82) is 0 Å². The van der Waals surface area contributed by atoms with Crippen LogP contribution >= 0.6 is 0 Å². The molecule has 0 aliphatic carbocycles. The van der Waals surface area contributed by atoms with Gasteiger partial charge in [-0.25, -0.2) is 4.79 Å². The number of primary amides is 1. The molecule has 1 heterocycles. The zero-order valence-electron chi connectivity index (χ0n) is 19.3. The van der Waals surface area contributed by atoms with E-state index < -0.39 is 53.8 Å². The van der Waals surface area contributed by atoms with Crippen molar-refractivity contribution in [2.75, 3.05) is 6.54 Å². The highest BCUT2D eigenvalue weighted by Gasteiger charge is 2.39. The smallest absolute Gasteiger partial charge is 0.326 e. The number of rotatable bonds is 12. The highest BCUT2D eigenvalue weighted by molar-refractivity contribution is 5.94. The molecule has 182 valence electrons. The maximum atomic E-state index is 13.0. The highest BCUT2D eigenvalue weighted by Crippen LogP contribution is 2.20.